The van der Waals surface area contributed by atoms with E-state index in [9.17, 15) is 4.79 Å². The summed E-state index contributed by atoms with van der Waals surface area (Å²) in [5.41, 5.74) is 0. The molecule has 3 N–H and O–H groups in total. The van der Waals surface area contributed by atoms with Gasteiger partial charge in [-0.3, -0.25) is 4.79 Å². The van der Waals surface area contributed by atoms with Crippen LogP contribution < -0.4 is 5.32 Å². The van der Waals surface area contributed by atoms with Crippen molar-refractivity contribution in [2.75, 3.05) is 13.1 Å². The number of unbranched alkanes of at least 4 members (excludes halogenated alkanes) is 1. The van der Waals surface area contributed by atoms with Crippen LogP contribution in [0.3, 0.4) is 0 Å². The number of hydrogen-bond donors (Lipinski definition) is 3. The third-order valence-corrected chi connectivity index (χ3v) is 2.28. The van der Waals surface area contributed by atoms with Crippen molar-refractivity contribution < 1.29 is 15.0 Å². The van der Waals surface area contributed by atoms with E-state index in [0.29, 0.717) is 13.0 Å². The molecular formula is C10H20BNO3. The zero-order valence-corrected chi connectivity index (χ0v) is 9.49. The van der Waals surface area contributed by atoms with Crippen molar-refractivity contribution >= 4 is 13.8 Å². The quantitative estimate of drug-likeness (QED) is 0.515. The molecule has 0 aromatic carbocycles. The van der Waals surface area contributed by atoms with Crippen LogP contribution in [0.15, 0.2) is 0 Å². The second-order valence-corrected chi connectivity index (χ2v) is 4.04. The van der Waals surface area contributed by atoms with E-state index in [2.05, 4.69) is 5.32 Å². The summed E-state index contributed by atoms with van der Waals surface area (Å²) < 4.78 is 0. The van der Waals surface area contributed by atoms with Crippen LogP contribution in [-0.4, -0.2) is 43.2 Å². The van der Waals surface area contributed by atoms with Crippen molar-refractivity contribution in [3.63, 3.8) is 0 Å². The molecule has 2 radical (unpaired) electrons. The van der Waals surface area contributed by atoms with Gasteiger partial charge in [-0.15, -0.1) is 0 Å². The van der Waals surface area contributed by atoms with Gasteiger partial charge in [0.2, 0.25) is 0 Å². The Kier molecular flexibility index (Phi) is 6.60. The Morgan fingerprint density at radius 3 is 2.60 bits per heavy atom. The molecule has 0 fully saturated rings. The molecular weight excluding hydrogens is 193 g/mol. The Morgan fingerprint density at radius 2 is 2.20 bits per heavy atom. The highest BCUT2D eigenvalue weighted by Gasteiger charge is 2.31. The summed E-state index contributed by atoms with van der Waals surface area (Å²) in [6.45, 7) is 4.18. The van der Waals surface area contributed by atoms with Gasteiger partial charge in [0.1, 0.15) is 0 Å². The lowest BCUT2D eigenvalue weighted by atomic mass is 9.65. The third-order valence-electron chi connectivity index (χ3n) is 2.28. The number of nitrogens with one attached hydrogen (secondary N) is 1. The molecule has 0 spiro atoms. The average molecular weight is 213 g/mol. The van der Waals surface area contributed by atoms with Crippen molar-refractivity contribution in [1.29, 1.82) is 0 Å². The lowest BCUT2D eigenvalue weighted by Crippen LogP contribution is -2.38. The van der Waals surface area contributed by atoms with Gasteiger partial charge in [-0.1, -0.05) is 19.8 Å². The molecule has 0 saturated carbocycles. The maximum absolute atomic E-state index is 11.0. The van der Waals surface area contributed by atoms with Crippen molar-refractivity contribution in [3.8, 4) is 0 Å². The molecule has 0 aliphatic heterocycles. The van der Waals surface area contributed by atoms with Crippen LogP contribution in [-0.2, 0) is 4.79 Å². The molecule has 0 rings (SSSR count). The van der Waals surface area contributed by atoms with Gasteiger partial charge >= 0.3 is 5.97 Å². The number of hydrogen-bond acceptors (Lipinski definition) is 3. The first kappa shape index (κ1) is 14.5. The molecule has 0 amide bonds. The van der Waals surface area contributed by atoms with Gasteiger partial charge in [-0.25, -0.2) is 0 Å². The number of aliphatic carboxylic acids is 1. The fraction of sp³-hybridized carbons (Fsp3) is 0.900. The third kappa shape index (κ3) is 5.79. The van der Waals surface area contributed by atoms with Crippen molar-refractivity contribution in [2.24, 2.45) is 0 Å². The first-order valence-corrected chi connectivity index (χ1v) is 5.33. The summed E-state index contributed by atoms with van der Waals surface area (Å²) in [4.78, 5) is 11.0. The summed E-state index contributed by atoms with van der Waals surface area (Å²) in [6.07, 6.45) is 1.67. The number of carboxylic acid groups (broad SMARTS) is 1. The highest BCUT2D eigenvalue weighted by Crippen LogP contribution is 2.28. The van der Waals surface area contributed by atoms with Gasteiger partial charge in [-0.05, 0) is 13.3 Å². The fourth-order valence-corrected chi connectivity index (χ4v) is 1.27. The summed E-state index contributed by atoms with van der Waals surface area (Å²) >= 11 is 0. The van der Waals surface area contributed by atoms with Crippen molar-refractivity contribution in [1.82, 2.24) is 5.32 Å². The van der Waals surface area contributed by atoms with Crippen LogP contribution in [0, 0.1) is 0 Å². The van der Waals surface area contributed by atoms with E-state index in [0.717, 1.165) is 12.8 Å². The largest absolute Gasteiger partial charge is 0.481 e. The minimum atomic E-state index is -1.22. The van der Waals surface area contributed by atoms with Crippen LogP contribution in [0.2, 0.25) is 5.31 Å². The SMILES string of the molecule is [B]C(CCCC)(CNCC(C)O)C(=O)O. The lowest BCUT2D eigenvalue weighted by Gasteiger charge is -2.26. The molecule has 0 aliphatic rings. The Bertz CT molecular complexity index is 199. The van der Waals surface area contributed by atoms with E-state index in [1.165, 1.54) is 0 Å². The van der Waals surface area contributed by atoms with Gasteiger partial charge in [0.15, 0.2) is 0 Å². The molecule has 2 unspecified atom stereocenters. The summed E-state index contributed by atoms with van der Waals surface area (Å²) in [5.74, 6) is -0.992. The zero-order valence-electron chi connectivity index (χ0n) is 9.49. The van der Waals surface area contributed by atoms with Crippen molar-refractivity contribution in [3.05, 3.63) is 0 Å². The molecule has 2 atom stereocenters. The smallest absolute Gasteiger partial charge is 0.301 e. The number of aliphatic hydroxyl groups excluding tert-OH is 1. The predicted octanol–water partition coefficient (Wildman–Crippen LogP) is 0.559. The van der Waals surface area contributed by atoms with E-state index < -0.39 is 17.4 Å². The molecule has 4 nitrogen and oxygen atoms in total. The van der Waals surface area contributed by atoms with E-state index in [-0.39, 0.29) is 6.54 Å². The second kappa shape index (κ2) is 6.85. The van der Waals surface area contributed by atoms with E-state index in [1.807, 2.05) is 6.92 Å². The highest BCUT2D eigenvalue weighted by atomic mass is 16.4. The van der Waals surface area contributed by atoms with Gasteiger partial charge < -0.3 is 15.5 Å². The molecule has 0 aromatic rings. The molecule has 0 saturated heterocycles. The zero-order chi connectivity index (χ0) is 11.9. The highest BCUT2D eigenvalue weighted by molar-refractivity contribution is 6.26. The van der Waals surface area contributed by atoms with E-state index in [1.54, 1.807) is 6.92 Å². The van der Waals surface area contributed by atoms with Crippen LogP contribution >= 0.6 is 0 Å². The van der Waals surface area contributed by atoms with E-state index >= 15 is 0 Å². The van der Waals surface area contributed by atoms with Crippen molar-refractivity contribution in [2.45, 2.75) is 44.5 Å². The number of carbonyl (C=O) groups is 1. The minimum Gasteiger partial charge on any atom is -0.481 e. The molecule has 0 aliphatic carbocycles. The second-order valence-electron chi connectivity index (χ2n) is 4.04. The Hall–Kier alpha value is -0.545. The monoisotopic (exact) mass is 213 g/mol. The number of aliphatic hydroxyl groups is 1. The standard InChI is InChI=1S/C10H20BNO3/c1-3-4-5-10(11,9(14)15)7-12-6-8(2)13/h8,12-13H,3-7H2,1-2H3,(H,14,15). The summed E-state index contributed by atoms with van der Waals surface area (Å²) in [7, 11) is 5.77. The van der Waals surface area contributed by atoms with Gasteiger partial charge in [0.05, 0.1) is 14.0 Å². The molecule has 5 heteroatoms. The minimum absolute atomic E-state index is 0.188. The van der Waals surface area contributed by atoms with Crippen LogP contribution in [0.4, 0.5) is 0 Å². The number of carboxylic acids is 1. The number of rotatable bonds is 8. The van der Waals surface area contributed by atoms with Crippen LogP contribution in [0.1, 0.15) is 33.1 Å². The normalized spacial score (nSPS) is 17.0. The Balaban J connectivity index is 4.07. The summed E-state index contributed by atoms with van der Waals surface area (Å²) in [6, 6.07) is 0. The first-order chi connectivity index (χ1) is 6.92. The molecule has 86 valence electrons. The van der Waals surface area contributed by atoms with Crippen LogP contribution in [0.25, 0.3) is 0 Å². The van der Waals surface area contributed by atoms with E-state index in [4.69, 9.17) is 18.1 Å². The predicted molar refractivity (Wildman–Crippen MR) is 60.2 cm³/mol. The Morgan fingerprint density at radius 1 is 1.60 bits per heavy atom. The Labute approximate surface area is 92.5 Å². The van der Waals surface area contributed by atoms with Gasteiger partial charge in [0, 0.05) is 18.4 Å². The average Bonchev–Trinajstić information content (AvgIpc) is 2.14. The first-order valence-electron chi connectivity index (χ1n) is 5.33. The molecule has 0 bridgehead atoms. The molecule has 0 heterocycles. The van der Waals surface area contributed by atoms with Gasteiger partial charge in [-0.2, -0.15) is 0 Å². The maximum atomic E-state index is 11.0. The maximum Gasteiger partial charge on any atom is 0.301 e. The van der Waals surface area contributed by atoms with Crippen LogP contribution in [0.5, 0.6) is 0 Å². The lowest BCUT2D eigenvalue weighted by molar-refractivity contribution is -0.140. The topological polar surface area (TPSA) is 69.6 Å². The van der Waals surface area contributed by atoms with Gasteiger partial charge in [0.25, 0.3) is 0 Å². The fourth-order valence-electron chi connectivity index (χ4n) is 1.27. The summed E-state index contributed by atoms with van der Waals surface area (Å²) in [5, 5.41) is 19.7. The molecule has 0 aromatic heterocycles. The molecule has 15 heavy (non-hydrogen) atoms.